The number of hydrogen-bond acceptors (Lipinski definition) is 2. The fraction of sp³-hybridized carbons (Fsp3) is 0.538. The van der Waals surface area contributed by atoms with Crippen LogP contribution in [0.25, 0.3) is 0 Å². The summed E-state index contributed by atoms with van der Waals surface area (Å²) in [5.41, 5.74) is -0.295. The molecule has 1 saturated heterocycles. The third-order valence-electron chi connectivity index (χ3n) is 3.41. The van der Waals surface area contributed by atoms with Crippen LogP contribution in [0.5, 0.6) is 0 Å². The van der Waals surface area contributed by atoms with Crippen molar-refractivity contribution in [3.63, 3.8) is 0 Å². The highest BCUT2D eigenvalue weighted by Gasteiger charge is 2.35. The highest BCUT2D eigenvalue weighted by atomic mass is 19.4. The Morgan fingerprint density at radius 3 is 2.61 bits per heavy atom. The number of halogens is 3. The fourth-order valence-corrected chi connectivity index (χ4v) is 2.38. The average Bonchev–Trinajstić information content (AvgIpc) is 2.38. The molecule has 1 heterocycles. The van der Waals surface area contributed by atoms with E-state index in [-0.39, 0.29) is 11.7 Å². The van der Waals surface area contributed by atoms with E-state index in [1.54, 1.807) is 18.0 Å². The molecule has 1 unspecified atom stereocenters. The Morgan fingerprint density at radius 2 is 2.00 bits per heavy atom. The molecule has 0 bridgehead atoms. The van der Waals surface area contributed by atoms with Crippen LogP contribution in [0, 0.1) is 0 Å². The summed E-state index contributed by atoms with van der Waals surface area (Å²) in [5.74, 6) is 0. The Morgan fingerprint density at radius 1 is 1.28 bits per heavy atom. The van der Waals surface area contributed by atoms with Crippen molar-refractivity contribution < 1.29 is 13.2 Å². The van der Waals surface area contributed by atoms with Gasteiger partial charge < -0.3 is 10.2 Å². The number of para-hydroxylation sites is 1. The van der Waals surface area contributed by atoms with Gasteiger partial charge in [0.1, 0.15) is 0 Å². The number of anilines is 1. The number of alkyl halides is 3. The summed E-state index contributed by atoms with van der Waals surface area (Å²) < 4.78 is 38.8. The molecule has 0 amide bonds. The van der Waals surface area contributed by atoms with Gasteiger partial charge in [-0.3, -0.25) is 0 Å². The van der Waals surface area contributed by atoms with Gasteiger partial charge >= 0.3 is 6.18 Å². The summed E-state index contributed by atoms with van der Waals surface area (Å²) in [7, 11) is 1.74. The molecule has 18 heavy (non-hydrogen) atoms. The van der Waals surface area contributed by atoms with Crippen molar-refractivity contribution in [2.24, 2.45) is 0 Å². The van der Waals surface area contributed by atoms with Crippen molar-refractivity contribution >= 4 is 5.69 Å². The minimum absolute atomic E-state index is 0.127. The first kappa shape index (κ1) is 13.2. The SMILES string of the molecule is CN(c1ccccc1C(F)(F)F)C1CCCNC1. The first-order valence-electron chi connectivity index (χ1n) is 6.10. The molecule has 1 N–H and O–H groups in total. The molecule has 1 atom stereocenters. The van der Waals surface area contributed by atoms with Crippen LogP contribution in [-0.2, 0) is 6.18 Å². The second-order valence-electron chi connectivity index (χ2n) is 4.63. The van der Waals surface area contributed by atoms with E-state index in [0.717, 1.165) is 32.0 Å². The van der Waals surface area contributed by atoms with E-state index in [1.165, 1.54) is 12.1 Å². The molecule has 1 fully saturated rings. The zero-order valence-electron chi connectivity index (χ0n) is 10.3. The molecule has 2 nitrogen and oxygen atoms in total. The minimum Gasteiger partial charge on any atom is -0.370 e. The minimum atomic E-state index is -4.30. The summed E-state index contributed by atoms with van der Waals surface area (Å²) in [5, 5.41) is 3.22. The van der Waals surface area contributed by atoms with Crippen molar-refractivity contribution in [1.29, 1.82) is 0 Å². The molecule has 2 rings (SSSR count). The van der Waals surface area contributed by atoms with Crippen LogP contribution >= 0.6 is 0 Å². The fourth-order valence-electron chi connectivity index (χ4n) is 2.38. The second-order valence-corrected chi connectivity index (χ2v) is 4.63. The van der Waals surface area contributed by atoms with Crippen molar-refractivity contribution in [3.8, 4) is 0 Å². The largest absolute Gasteiger partial charge is 0.418 e. The van der Waals surface area contributed by atoms with E-state index < -0.39 is 11.7 Å². The van der Waals surface area contributed by atoms with E-state index in [2.05, 4.69) is 5.32 Å². The lowest BCUT2D eigenvalue weighted by Crippen LogP contribution is -2.44. The number of nitrogens with zero attached hydrogens (tertiary/aromatic N) is 1. The number of benzene rings is 1. The van der Waals surface area contributed by atoms with Gasteiger partial charge in [0.2, 0.25) is 0 Å². The molecule has 0 aliphatic carbocycles. The van der Waals surface area contributed by atoms with Crippen molar-refractivity contribution in [1.82, 2.24) is 5.32 Å². The smallest absolute Gasteiger partial charge is 0.370 e. The first-order valence-corrected chi connectivity index (χ1v) is 6.10. The van der Waals surface area contributed by atoms with E-state index in [4.69, 9.17) is 0 Å². The zero-order chi connectivity index (χ0) is 13.2. The van der Waals surface area contributed by atoms with Gasteiger partial charge in [-0.15, -0.1) is 0 Å². The molecule has 0 radical (unpaired) electrons. The van der Waals surface area contributed by atoms with Crippen molar-refractivity contribution in [3.05, 3.63) is 29.8 Å². The zero-order valence-corrected chi connectivity index (χ0v) is 10.3. The van der Waals surface area contributed by atoms with E-state index in [1.807, 2.05) is 0 Å². The van der Waals surface area contributed by atoms with Crippen LogP contribution in [0.2, 0.25) is 0 Å². The molecule has 1 aromatic rings. The van der Waals surface area contributed by atoms with E-state index in [9.17, 15) is 13.2 Å². The molecule has 0 saturated carbocycles. The van der Waals surface area contributed by atoms with Gasteiger partial charge in [0.25, 0.3) is 0 Å². The van der Waals surface area contributed by atoms with E-state index >= 15 is 0 Å². The molecule has 100 valence electrons. The molecule has 1 aliphatic rings. The van der Waals surface area contributed by atoms with Gasteiger partial charge in [0.05, 0.1) is 5.56 Å². The maximum Gasteiger partial charge on any atom is 0.418 e. The van der Waals surface area contributed by atoms with Gasteiger partial charge in [-0.25, -0.2) is 0 Å². The first-order chi connectivity index (χ1) is 8.50. The van der Waals surface area contributed by atoms with Crippen LogP contribution in [-0.4, -0.2) is 26.2 Å². The Balaban J connectivity index is 2.26. The molecule has 1 aliphatic heterocycles. The summed E-state index contributed by atoms with van der Waals surface area (Å²) >= 11 is 0. The average molecular weight is 258 g/mol. The van der Waals surface area contributed by atoms with Gasteiger partial charge in [0.15, 0.2) is 0 Å². The van der Waals surface area contributed by atoms with Crippen LogP contribution in [0.1, 0.15) is 18.4 Å². The topological polar surface area (TPSA) is 15.3 Å². The van der Waals surface area contributed by atoms with Crippen LogP contribution < -0.4 is 10.2 Å². The molecule has 1 aromatic carbocycles. The number of nitrogens with one attached hydrogen (secondary N) is 1. The third-order valence-corrected chi connectivity index (χ3v) is 3.41. The molecule has 5 heteroatoms. The predicted octanol–water partition coefficient (Wildman–Crippen LogP) is 2.89. The number of likely N-dealkylation sites (N-methyl/N-ethyl adjacent to an activating group) is 1. The highest BCUT2D eigenvalue weighted by molar-refractivity contribution is 5.55. The lowest BCUT2D eigenvalue weighted by Gasteiger charge is -2.34. The Kier molecular flexibility index (Phi) is 3.80. The standard InChI is InChI=1S/C13H17F3N2/c1-18(10-5-4-8-17-9-10)12-7-3-2-6-11(12)13(14,15)16/h2-3,6-7,10,17H,4-5,8-9H2,1H3. The molecular weight excluding hydrogens is 241 g/mol. The van der Waals surface area contributed by atoms with Gasteiger partial charge in [0, 0.05) is 25.3 Å². The molecule has 0 aromatic heterocycles. The van der Waals surface area contributed by atoms with Crippen molar-refractivity contribution in [2.75, 3.05) is 25.0 Å². The lowest BCUT2D eigenvalue weighted by molar-refractivity contribution is -0.137. The summed E-state index contributed by atoms with van der Waals surface area (Å²) in [4.78, 5) is 1.75. The van der Waals surface area contributed by atoms with Crippen LogP contribution in [0.15, 0.2) is 24.3 Å². The van der Waals surface area contributed by atoms with Crippen LogP contribution in [0.3, 0.4) is 0 Å². The summed E-state index contributed by atoms with van der Waals surface area (Å²) in [6, 6.07) is 5.89. The Hall–Kier alpha value is -1.23. The second kappa shape index (κ2) is 5.18. The summed E-state index contributed by atoms with van der Waals surface area (Å²) in [6.07, 6.45) is -2.37. The number of rotatable bonds is 2. The Bertz CT molecular complexity index is 397. The highest BCUT2D eigenvalue weighted by Crippen LogP contribution is 2.36. The normalized spacial score (nSPS) is 20.8. The van der Waals surface area contributed by atoms with Crippen molar-refractivity contribution in [2.45, 2.75) is 25.1 Å². The van der Waals surface area contributed by atoms with Gasteiger partial charge in [-0.1, -0.05) is 12.1 Å². The molecule has 0 spiro atoms. The third kappa shape index (κ3) is 2.77. The number of hydrogen-bond donors (Lipinski definition) is 1. The maximum atomic E-state index is 12.9. The number of piperidine rings is 1. The lowest BCUT2D eigenvalue weighted by atomic mass is 10.0. The van der Waals surface area contributed by atoms with Gasteiger partial charge in [-0.05, 0) is 31.5 Å². The van der Waals surface area contributed by atoms with Crippen LogP contribution in [0.4, 0.5) is 18.9 Å². The quantitative estimate of drug-likeness (QED) is 0.877. The monoisotopic (exact) mass is 258 g/mol. The van der Waals surface area contributed by atoms with Gasteiger partial charge in [-0.2, -0.15) is 13.2 Å². The molecular formula is C13H17F3N2. The predicted molar refractivity (Wildman–Crippen MR) is 65.7 cm³/mol. The van der Waals surface area contributed by atoms with E-state index in [0.29, 0.717) is 0 Å². The summed E-state index contributed by atoms with van der Waals surface area (Å²) in [6.45, 7) is 1.69. The maximum absolute atomic E-state index is 12.9. The Labute approximate surface area is 105 Å².